The van der Waals surface area contributed by atoms with Gasteiger partial charge in [-0.2, -0.15) is 0 Å². The zero-order valence-electron chi connectivity index (χ0n) is 14.3. The van der Waals surface area contributed by atoms with Crippen molar-refractivity contribution in [3.05, 3.63) is 41.3 Å². The molecule has 1 fully saturated rings. The highest BCUT2D eigenvalue weighted by molar-refractivity contribution is 7.99. The second-order valence-corrected chi connectivity index (χ2v) is 7.42. The van der Waals surface area contributed by atoms with Gasteiger partial charge in [0.15, 0.2) is 5.16 Å². The molecule has 2 aromatic heterocycles. The van der Waals surface area contributed by atoms with Crippen molar-refractivity contribution in [2.24, 2.45) is 0 Å². The SMILES string of the molecule is Cc1ccc2nc(SCC(=O)N3CCCC3c3cc(C)on3)[nH]c2c1. The summed E-state index contributed by atoms with van der Waals surface area (Å²) >= 11 is 1.45. The molecule has 0 aliphatic carbocycles. The third-order valence-electron chi connectivity index (χ3n) is 4.51. The Kier molecular flexibility index (Phi) is 4.25. The summed E-state index contributed by atoms with van der Waals surface area (Å²) in [5.74, 6) is 1.26. The normalized spacial score (nSPS) is 17.5. The standard InChI is InChI=1S/C18H20N4O2S/c1-11-5-6-13-14(8-11)20-18(19-13)25-10-17(23)22-7-3-4-16(22)15-9-12(2)24-21-15/h5-6,8-9,16H,3-4,7,10H2,1-2H3,(H,19,20). The van der Waals surface area contributed by atoms with E-state index in [0.717, 1.165) is 47.0 Å². The van der Waals surface area contributed by atoms with E-state index in [2.05, 4.69) is 28.1 Å². The van der Waals surface area contributed by atoms with Crippen LogP contribution >= 0.6 is 11.8 Å². The lowest BCUT2D eigenvalue weighted by atomic mass is 10.1. The smallest absolute Gasteiger partial charge is 0.233 e. The van der Waals surface area contributed by atoms with Crippen LogP contribution in [0, 0.1) is 13.8 Å². The number of carbonyl (C=O) groups is 1. The third-order valence-corrected chi connectivity index (χ3v) is 5.37. The van der Waals surface area contributed by atoms with Gasteiger partial charge in [-0.15, -0.1) is 0 Å². The number of imidazole rings is 1. The average Bonchev–Trinajstić information content (AvgIpc) is 3.30. The van der Waals surface area contributed by atoms with Gasteiger partial charge in [0.05, 0.1) is 22.8 Å². The summed E-state index contributed by atoms with van der Waals surface area (Å²) in [6, 6.07) is 8.06. The Morgan fingerprint density at radius 3 is 3.08 bits per heavy atom. The fourth-order valence-corrected chi connectivity index (χ4v) is 4.07. The van der Waals surface area contributed by atoms with Crippen LogP contribution in [0.3, 0.4) is 0 Å². The van der Waals surface area contributed by atoms with Crippen molar-refractivity contribution in [2.75, 3.05) is 12.3 Å². The molecule has 1 amide bonds. The molecule has 0 radical (unpaired) electrons. The van der Waals surface area contributed by atoms with Gasteiger partial charge in [-0.25, -0.2) is 4.98 Å². The number of thioether (sulfide) groups is 1. The predicted molar refractivity (Wildman–Crippen MR) is 96.5 cm³/mol. The highest BCUT2D eigenvalue weighted by Gasteiger charge is 2.32. The fourth-order valence-electron chi connectivity index (χ4n) is 3.30. The number of carbonyl (C=O) groups excluding carboxylic acids is 1. The Morgan fingerprint density at radius 1 is 1.40 bits per heavy atom. The first kappa shape index (κ1) is 16.2. The van der Waals surface area contributed by atoms with E-state index in [1.807, 2.05) is 30.0 Å². The molecule has 1 atom stereocenters. The second kappa shape index (κ2) is 6.55. The Morgan fingerprint density at radius 2 is 2.28 bits per heavy atom. The van der Waals surface area contributed by atoms with Gasteiger partial charge in [0.25, 0.3) is 0 Å². The number of hydrogen-bond acceptors (Lipinski definition) is 5. The zero-order valence-corrected chi connectivity index (χ0v) is 15.1. The lowest BCUT2D eigenvalue weighted by Crippen LogP contribution is -2.32. The maximum atomic E-state index is 12.7. The minimum Gasteiger partial charge on any atom is -0.361 e. The van der Waals surface area contributed by atoms with Gasteiger partial charge in [0.1, 0.15) is 11.5 Å². The number of aromatic amines is 1. The van der Waals surface area contributed by atoms with E-state index in [4.69, 9.17) is 4.52 Å². The third kappa shape index (κ3) is 3.28. The summed E-state index contributed by atoms with van der Waals surface area (Å²) in [5.41, 5.74) is 3.98. The van der Waals surface area contributed by atoms with Crippen LogP contribution < -0.4 is 0 Å². The fraction of sp³-hybridized carbons (Fsp3) is 0.389. The molecule has 1 aromatic carbocycles. The quantitative estimate of drug-likeness (QED) is 0.723. The number of likely N-dealkylation sites (tertiary alicyclic amines) is 1. The average molecular weight is 356 g/mol. The molecular formula is C18H20N4O2S. The molecule has 0 saturated carbocycles. The maximum Gasteiger partial charge on any atom is 0.233 e. The maximum absolute atomic E-state index is 12.7. The van der Waals surface area contributed by atoms with E-state index in [1.165, 1.54) is 17.3 Å². The van der Waals surface area contributed by atoms with Crippen molar-refractivity contribution >= 4 is 28.7 Å². The Labute approximate surface area is 150 Å². The van der Waals surface area contributed by atoms with Crippen molar-refractivity contribution in [1.29, 1.82) is 0 Å². The molecule has 1 aliphatic rings. The van der Waals surface area contributed by atoms with E-state index in [9.17, 15) is 4.79 Å². The zero-order chi connectivity index (χ0) is 17.4. The van der Waals surface area contributed by atoms with Gasteiger partial charge in [0.2, 0.25) is 5.91 Å². The van der Waals surface area contributed by atoms with Crippen LogP contribution in [-0.2, 0) is 4.79 Å². The molecule has 130 valence electrons. The van der Waals surface area contributed by atoms with Crippen molar-refractivity contribution in [2.45, 2.75) is 37.9 Å². The molecule has 1 saturated heterocycles. The number of benzene rings is 1. The molecule has 0 spiro atoms. The molecule has 25 heavy (non-hydrogen) atoms. The molecule has 7 heteroatoms. The molecule has 3 aromatic rings. The van der Waals surface area contributed by atoms with Crippen LogP contribution in [0.15, 0.2) is 33.9 Å². The van der Waals surface area contributed by atoms with Crippen molar-refractivity contribution in [3.63, 3.8) is 0 Å². The van der Waals surface area contributed by atoms with Crippen molar-refractivity contribution < 1.29 is 9.32 Å². The Hall–Kier alpha value is -2.28. The number of nitrogens with one attached hydrogen (secondary N) is 1. The second-order valence-electron chi connectivity index (χ2n) is 6.46. The van der Waals surface area contributed by atoms with Crippen molar-refractivity contribution in [1.82, 2.24) is 20.0 Å². The highest BCUT2D eigenvalue weighted by Crippen LogP contribution is 2.32. The summed E-state index contributed by atoms with van der Waals surface area (Å²) in [5, 5.41) is 4.87. The first-order valence-corrected chi connectivity index (χ1v) is 9.40. The van der Waals surface area contributed by atoms with E-state index >= 15 is 0 Å². The molecule has 1 aliphatic heterocycles. The highest BCUT2D eigenvalue weighted by atomic mass is 32.2. The van der Waals surface area contributed by atoms with E-state index < -0.39 is 0 Å². The minimum absolute atomic E-state index is 0.0314. The number of nitrogens with zero attached hydrogens (tertiary/aromatic N) is 3. The van der Waals surface area contributed by atoms with Gasteiger partial charge in [-0.3, -0.25) is 4.79 Å². The van der Waals surface area contributed by atoms with Crippen LogP contribution in [0.25, 0.3) is 11.0 Å². The van der Waals surface area contributed by atoms with E-state index in [-0.39, 0.29) is 11.9 Å². The van der Waals surface area contributed by atoms with Crippen LogP contribution in [0.5, 0.6) is 0 Å². The number of rotatable bonds is 4. The number of amides is 1. The summed E-state index contributed by atoms with van der Waals surface area (Å²) in [4.78, 5) is 22.4. The molecule has 4 rings (SSSR count). The van der Waals surface area contributed by atoms with Crippen molar-refractivity contribution in [3.8, 4) is 0 Å². The van der Waals surface area contributed by atoms with Gasteiger partial charge < -0.3 is 14.4 Å². The van der Waals surface area contributed by atoms with E-state index in [1.54, 1.807) is 0 Å². The summed E-state index contributed by atoms with van der Waals surface area (Å²) in [6.07, 6.45) is 1.93. The summed E-state index contributed by atoms with van der Waals surface area (Å²) < 4.78 is 5.17. The Balaban J connectivity index is 1.43. The first-order chi connectivity index (χ1) is 12.1. The van der Waals surface area contributed by atoms with Gasteiger partial charge in [0, 0.05) is 12.6 Å². The summed E-state index contributed by atoms with van der Waals surface area (Å²) in [7, 11) is 0. The molecule has 1 unspecified atom stereocenters. The van der Waals surface area contributed by atoms with Crippen LogP contribution in [0.1, 0.15) is 35.9 Å². The predicted octanol–water partition coefficient (Wildman–Crippen LogP) is 3.62. The monoisotopic (exact) mass is 356 g/mol. The minimum atomic E-state index is 0.0314. The first-order valence-electron chi connectivity index (χ1n) is 8.42. The van der Waals surface area contributed by atoms with Gasteiger partial charge >= 0.3 is 0 Å². The van der Waals surface area contributed by atoms with Crippen LogP contribution in [0.4, 0.5) is 0 Å². The largest absolute Gasteiger partial charge is 0.361 e. The number of aromatic nitrogens is 3. The molecular weight excluding hydrogens is 336 g/mol. The number of hydrogen-bond donors (Lipinski definition) is 1. The van der Waals surface area contributed by atoms with Crippen LogP contribution in [-0.4, -0.2) is 38.2 Å². The summed E-state index contributed by atoms with van der Waals surface area (Å²) in [6.45, 7) is 4.70. The lowest BCUT2D eigenvalue weighted by molar-refractivity contribution is -0.129. The lowest BCUT2D eigenvalue weighted by Gasteiger charge is -2.22. The number of H-pyrrole nitrogens is 1. The van der Waals surface area contributed by atoms with Gasteiger partial charge in [-0.05, 0) is 44.4 Å². The van der Waals surface area contributed by atoms with Gasteiger partial charge in [-0.1, -0.05) is 23.0 Å². The molecule has 3 heterocycles. The van der Waals surface area contributed by atoms with E-state index in [0.29, 0.717) is 5.75 Å². The number of aryl methyl sites for hydroxylation is 2. The molecule has 1 N–H and O–H groups in total. The molecule has 6 nitrogen and oxygen atoms in total. The Bertz CT molecular complexity index is 917. The topological polar surface area (TPSA) is 75.0 Å². The van der Waals surface area contributed by atoms with Crippen LogP contribution in [0.2, 0.25) is 0 Å². The number of fused-ring (bicyclic) bond motifs is 1. The molecule has 0 bridgehead atoms.